The maximum absolute atomic E-state index is 14.5. The average Bonchev–Trinajstić information content (AvgIpc) is 3.31. The molecule has 0 aromatic heterocycles. The van der Waals surface area contributed by atoms with Crippen LogP contribution in [-0.2, 0) is 28.7 Å². The number of likely N-dealkylation sites (tertiary alicyclic amines) is 1. The van der Waals surface area contributed by atoms with Gasteiger partial charge in [-0.15, -0.1) is 0 Å². The summed E-state index contributed by atoms with van der Waals surface area (Å²) in [6.45, 7) is 7.28. The summed E-state index contributed by atoms with van der Waals surface area (Å²) in [6, 6.07) is 4.07. The van der Waals surface area contributed by atoms with Gasteiger partial charge in [0.25, 0.3) is 5.91 Å². The summed E-state index contributed by atoms with van der Waals surface area (Å²) < 4.78 is 12.3. The predicted octanol–water partition coefficient (Wildman–Crippen LogP) is 1.57. The van der Waals surface area contributed by atoms with Gasteiger partial charge in [-0.2, -0.15) is 0 Å². The predicted molar refractivity (Wildman–Crippen MR) is 146 cm³/mol. The molecule has 3 amide bonds. The number of nitrogens with zero attached hydrogens (tertiary/aromatic N) is 2. The van der Waals surface area contributed by atoms with Gasteiger partial charge in [-0.1, -0.05) is 36.4 Å². The molecule has 2 N–H and O–H groups in total. The van der Waals surface area contributed by atoms with Crippen molar-refractivity contribution in [2.75, 3.05) is 24.6 Å². The number of hydrogen-bond acceptors (Lipinski definition) is 7. The molecule has 4 aliphatic rings. The fourth-order valence-corrected chi connectivity index (χ4v) is 6.39. The Morgan fingerprint density at radius 1 is 1.15 bits per heavy atom. The zero-order valence-electron chi connectivity index (χ0n) is 23.3. The van der Waals surface area contributed by atoms with Crippen molar-refractivity contribution in [1.29, 1.82) is 0 Å². The number of rotatable bonds is 3. The van der Waals surface area contributed by atoms with E-state index in [0.717, 1.165) is 16.8 Å². The van der Waals surface area contributed by atoms with Crippen LogP contribution < -0.4 is 10.2 Å². The molecule has 2 fully saturated rings. The summed E-state index contributed by atoms with van der Waals surface area (Å²) in [5, 5.41) is 12.9. The smallest absolute Gasteiger partial charge is 0.313 e. The highest BCUT2D eigenvalue weighted by Gasteiger charge is 2.72. The first-order chi connectivity index (χ1) is 19.1. The molecule has 5 rings (SSSR count). The third-order valence-electron chi connectivity index (χ3n) is 8.37. The SMILES string of the molecule is Cc1ccc(C)c(N2CC=C[C@@]34O[C@H]5/C=C\CCC(=O)NC[C@H](C)OC(=O)[C@H]5[C@@H]3C(=O)N([C@H](C)CO)[C@H]4C2=O)c1. The Kier molecular flexibility index (Phi) is 7.58. The number of cyclic esters (lactones) is 1. The molecule has 4 heterocycles. The largest absolute Gasteiger partial charge is 0.460 e. The van der Waals surface area contributed by atoms with Crippen LogP contribution in [0.5, 0.6) is 0 Å². The van der Waals surface area contributed by atoms with Crippen molar-refractivity contribution >= 4 is 29.4 Å². The van der Waals surface area contributed by atoms with Crippen molar-refractivity contribution < 1.29 is 33.8 Å². The number of anilines is 1. The number of carbonyl (C=O) groups is 4. The Hall–Kier alpha value is -3.50. The first-order valence-corrected chi connectivity index (χ1v) is 13.9. The molecule has 10 heteroatoms. The van der Waals surface area contributed by atoms with Crippen molar-refractivity contribution in [2.24, 2.45) is 11.8 Å². The van der Waals surface area contributed by atoms with E-state index in [1.807, 2.05) is 38.1 Å². The number of fused-ring (bicyclic) bond motifs is 2. The normalized spacial score (nSPS) is 34.1. The lowest BCUT2D eigenvalue weighted by molar-refractivity contribution is -0.159. The van der Waals surface area contributed by atoms with Crippen LogP contribution in [0.4, 0.5) is 5.69 Å². The van der Waals surface area contributed by atoms with E-state index in [2.05, 4.69) is 5.32 Å². The molecule has 0 bridgehead atoms. The van der Waals surface area contributed by atoms with E-state index in [1.165, 1.54) is 4.90 Å². The standard InChI is InChI=1S/C30H37N3O7/c1-17-10-11-18(2)21(14-17)32-13-7-12-30-25(27(36)33(19(3)16-34)26(30)28(32)37)24-22(40-30)8-5-6-9-23(35)31-15-20(4)39-29(24)38/h5,7-8,10-12,14,19-20,22,24-26,34H,6,9,13,15-16H2,1-4H3,(H,31,35)/b8-5-/t19-,20+,22+,24-,25-,26+,30-/m1/s1. The van der Waals surface area contributed by atoms with Gasteiger partial charge < -0.3 is 29.7 Å². The highest BCUT2D eigenvalue weighted by molar-refractivity contribution is 6.06. The highest BCUT2D eigenvalue weighted by atomic mass is 16.6. The molecule has 214 valence electrons. The number of carbonyl (C=O) groups excluding carboxylic acids is 4. The zero-order valence-corrected chi connectivity index (χ0v) is 23.3. The number of esters is 1. The second-order valence-electron chi connectivity index (χ2n) is 11.3. The minimum Gasteiger partial charge on any atom is -0.460 e. The average molecular weight is 552 g/mol. The molecule has 1 aromatic rings. The number of aryl methyl sites for hydroxylation is 2. The van der Waals surface area contributed by atoms with Gasteiger partial charge in [0.2, 0.25) is 11.8 Å². The quantitative estimate of drug-likeness (QED) is 0.432. The third kappa shape index (κ3) is 4.62. The molecule has 0 aliphatic carbocycles. The summed E-state index contributed by atoms with van der Waals surface area (Å²) in [4.78, 5) is 57.5. The molecule has 0 saturated carbocycles. The number of ether oxygens (including phenoxy) is 2. The van der Waals surface area contributed by atoms with Crippen LogP contribution in [0.2, 0.25) is 0 Å². The Balaban J connectivity index is 1.62. The molecular formula is C30H37N3O7. The third-order valence-corrected chi connectivity index (χ3v) is 8.37. The van der Waals surface area contributed by atoms with E-state index in [0.29, 0.717) is 6.42 Å². The number of aliphatic hydroxyl groups excluding tert-OH is 1. The Bertz CT molecular complexity index is 1280. The van der Waals surface area contributed by atoms with Crippen molar-refractivity contribution in [3.8, 4) is 0 Å². The molecule has 0 unspecified atom stereocenters. The summed E-state index contributed by atoms with van der Waals surface area (Å²) in [5.74, 6) is -3.59. The highest BCUT2D eigenvalue weighted by Crippen LogP contribution is 2.53. The molecule has 40 heavy (non-hydrogen) atoms. The number of amides is 3. The minimum absolute atomic E-state index is 0.149. The molecule has 1 aromatic carbocycles. The summed E-state index contributed by atoms with van der Waals surface area (Å²) in [6.07, 6.45) is 6.28. The summed E-state index contributed by atoms with van der Waals surface area (Å²) >= 11 is 0. The first kappa shape index (κ1) is 28.0. The molecule has 10 nitrogen and oxygen atoms in total. The van der Waals surface area contributed by atoms with Crippen molar-refractivity contribution in [3.63, 3.8) is 0 Å². The second-order valence-corrected chi connectivity index (χ2v) is 11.3. The van der Waals surface area contributed by atoms with Gasteiger partial charge in [-0.25, -0.2) is 0 Å². The van der Waals surface area contributed by atoms with E-state index in [4.69, 9.17) is 9.47 Å². The Morgan fingerprint density at radius 3 is 2.67 bits per heavy atom. The van der Waals surface area contributed by atoms with Crippen LogP contribution in [0.1, 0.15) is 37.8 Å². The number of nitrogens with one attached hydrogen (secondary N) is 1. The van der Waals surface area contributed by atoms with Crippen molar-refractivity contribution in [1.82, 2.24) is 10.2 Å². The van der Waals surface area contributed by atoms with E-state index in [9.17, 15) is 24.3 Å². The number of aliphatic hydroxyl groups is 1. The second kappa shape index (κ2) is 10.8. The molecule has 0 radical (unpaired) electrons. The van der Waals surface area contributed by atoms with Crippen molar-refractivity contribution in [2.45, 2.75) is 70.4 Å². The van der Waals surface area contributed by atoms with E-state index < -0.39 is 53.6 Å². The lowest BCUT2D eigenvalue weighted by Gasteiger charge is -2.37. The lowest BCUT2D eigenvalue weighted by atomic mass is 9.78. The van der Waals surface area contributed by atoms with Crippen LogP contribution in [-0.4, -0.2) is 83.3 Å². The summed E-state index contributed by atoms with van der Waals surface area (Å²) in [5.41, 5.74) is 1.18. The van der Waals surface area contributed by atoms with E-state index in [-0.39, 0.29) is 37.9 Å². The van der Waals surface area contributed by atoms with Gasteiger partial charge in [0.05, 0.1) is 31.2 Å². The van der Waals surface area contributed by atoms with Gasteiger partial charge in [0, 0.05) is 18.7 Å². The zero-order chi connectivity index (χ0) is 28.8. The van der Waals surface area contributed by atoms with Crippen LogP contribution >= 0.6 is 0 Å². The summed E-state index contributed by atoms with van der Waals surface area (Å²) in [7, 11) is 0. The van der Waals surface area contributed by atoms with E-state index >= 15 is 0 Å². The van der Waals surface area contributed by atoms with Crippen LogP contribution in [0.25, 0.3) is 0 Å². The van der Waals surface area contributed by atoms with Gasteiger partial charge in [0.1, 0.15) is 23.7 Å². The molecule has 4 aliphatic heterocycles. The van der Waals surface area contributed by atoms with Crippen molar-refractivity contribution in [3.05, 3.63) is 53.6 Å². The van der Waals surface area contributed by atoms with Gasteiger partial charge >= 0.3 is 5.97 Å². The van der Waals surface area contributed by atoms with Crippen LogP contribution in [0.15, 0.2) is 42.5 Å². The maximum atomic E-state index is 14.5. The topological polar surface area (TPSA) is 125 Å². The van der Waals surface area contributed by atoms with Gasteiger partial charge in [-0.05, 0) is 51.3 Å². The number of hydrogen-bond donors (Lipinski definition) is 2. The molecule has 1 spiro atoms. The van der Waals surface area contributed by atoms with Gasteiger partial charge in [-0.3, -0.25) is 19.2 Å². The van der Waals surface area contributed by atoms with Crippen LogP contribution in [0, 0.1) is 25.7 Å². The first-order valence-electron chi connectivity index (χ1n) is 13.9. The number of allylic oxidation sites excluding steroid dienone is 1. The van der Waals surface area contributed by atoms with E-state index in [1.54, 1.807) is 37.0 Å². The van der Waals surface area contributed by atoms with Gasteiger partial charge in [0.15, 0.2) is 0 Å². The Labute approximate surface area is 234 Å². The lowest BCUT2D eigenvalue weighted by Crippen LogP contribution is -2.57. The molecule has 7 atom stereocenters. The molecule has 2 saturated heterocycles. The monoisotopic (exact) mass is 551 g/mol. The fraction of sp³-hybridized carbons (Fsp3) is 0.533. The fourth-order valence-electron chi connectivity index (χ4n) is 6.39. The van der Waals surface area contributed by atoms with Crippen LogP contribution in [0.3, 0.4) is 0 Å². The number of benzene rings is 1. The minimum atomic E-state index is -1.44. The Morgan fingerprint density at radius 2 is 1.93 bits per heavy atom. The maximum Gasteiger partial charge on any atom is 0.313 e. The molecular weight excluding hydrogens is 514 g/mol.